The second kappa shape index (κ2) is 7.44. The van der Waals surface area contributed by atoms with Crippen molar-refractivity contribution >= 4 is 29.3 Å². The summed E-state index contributed by atoms with van der Waals surface area (Å²) in [6.45, 7) is 6.21. The van der Waals surface area contributed by atoms with E-state index in [0.29, 0.717) is 23.7 Å². The molecule has 5 nitrogen and oxygen atoms in total. The van der Waals surface area contributed by atoms with Gasteiger partial charge in [0.15, 0.2) is 6.10 Å². The lowest BCUT2D eigenvalue weighted by Gasteiger charge is -2.32. The van der Waals surface area contributed by atoms with Crippen LogP contribution in [0.5, 0.6) is 5.75 Å². The monoisotopic (exact) mass is 350 g/mol. The lowest BCUT2D eigenvalue weighted by Crippen LogP contribution is -2.44. The van der Waals surface area contributed by atoms with Crippen LogP contribution in [0.4, 0.5) is 11.4 Å². The third kappa shape index (κ3) is 3.77. The van der Waals surface area contributed by atoms with E-state index in [0.717, 1.165) is 5.56 Å². The number of nitrogens with one attached hydrogen (secondary N) is 1. The molecule has 0 fully saturated rings. The fraction of sp³-hybridized carbons (Fsp3) is 0.238. The van der Waals surface area contributed by atoms with Crippen molar-refractivity contribution in [3.05, 3.63) is 59.7 Å². The first-order chi connectivity index (χ1) is 12.5. The number of carbonyl (C=O) groups excluding carboxylic acids is 2. The predicted molar refractivity (Wildman–Crippen MR) is 103 cm³/mol. The van der Waals surface area contributed by atoms with Gasteiger partial charge in [-0.2, -0.15) is 0 Å². The SMILES string of the molecule is CCN1C(=O)C(C)Oc2ccc(NC(=O)/C=C/c3ccc(C)cc3)cc21. The van der Waals surface area contributed by atoms with E-state index >= 15 is 0 Å². The summed E-state index contributed by atoms with van der Waals surface area (Å²) in [7, 11) is 0. The first-order valence-electron chi connectivity index (χ1n) is 8.65. The summed E-state index contributed by atoms with van der Waals surface area (Å²) in [6.07, 6.45) is 2.76. The lowest BCUT2D eigenvalue weighted by molar-refractivity contribution is -0.125. The van der Waals surface area contributed by atoms with E-state index in [9.17, 15) is 9.59 Å². The Bertz CT molecular complexity index is 856. The number of hydrogen-bond donors (Lipinski definition) is 1. The zero-order valence-electron chi connectivity index (χ0n) is 15.2. The van der Waals surface area contributed by atoms with Crippen LogP contribution >= 0.6 is 0 Å². The molecule has 1 heterocycles. The van der Waals surface area contributed by atoms with Gasteiger partial charge in [-0.1, -0.05) is 29.8 Å². The Labute approximate surface area is 153 Å². The van der Waals surface area contributed by atoms with Crippen LogP contribution in [0.25, 0.3) is 6.08 Å². The van der Waals surface area contributed by atoms with Gasteiger partial charge in [-0.05, 0) is 50.6 Å². The average molecular weight is 350 g/mol. The molecule has 0 saturated heterocycles. The number of fused-ring (bicyclic) bond motifs is 1. The van der Waals surface area contributed by atoms with Crippen LogP contribution in [0.3, 0.4) is 0 Å². The maximum absolute atomic E-state index is 12.2. The highest BCUT2D eigenvalue weighted by atomic mass is 16.5. The molecular formula is C21H22N2O3. The Balaban J connectivity index is 1.74. The molecule has 1 atom stereocenters. The number of aryl methyl sites for hydroxylation is 1. The standard InChI is InChI=1S/C21H22N2O3/c1-4-23-18-13-17(10-11-19(18)26-15(3)21(23)25)22-20(24)12-9-16-7-5-14(2)6-8-16/h5-13,15H,4H2,1-3H3,(H,22,24)/b12-9+. The van der Waals surface area contributed by atoms with Crippen LogP contribution in [-0.4, -0.2) is 24.5 Å². The molecule has 2 aromatic carbocycles. The normalized spacial score (nSPS) is 16.3. The maximum atomic E-state index is 12.2. The minimum atomic E-state index is -0.500. The molecule has 1 N–H and O–H groups in total. The van der Waals surface area contributed by atoms with Crippen molar-refractivity contribution in [2.24, 2.45) is 0 Å². The zero-order chi connectivity index (χ0) is 18.7. The third-order valence-corrected chi connectivity index (χ3v) is 4.26. The predicted octanol–water partition coefficient (Wildman–Crippen LogP) is 3.78. The Morgan fingerprint density at radius 1 is 1.23 bits per heavy atom. The molecular weight excluding hydrogens is 328 g/mol. The minimum Gasteiger partial charge on any atom is -0.479 e. The van der Waals surface area contributed by atoms with Gasteiger partial charge in [-0.25, -0.2) is 0 Å². The number of carbonyl (C=O) groups is 2. The third-order valence-electron chi connectivity index (χ3n) is 4.26. The van der Waals surface area contributed by atoms with Crippen LogP contribution in [0, 0.1) is 6.92 Å². The molecule has 5 heteroatoms. The number of hydrogen-bond acceptors (Lipinski definition) is 3. The van der Waals surface area contributed by atoms with E-state index in [-0.39, 0.29) is 11.8 Å². The quantitative estimate of drug-likeness (QED) is 0.854. The fourth-order valence-electron chi connectivity index (χ4n) is 2.84. The van der Waals surface area contributed by atoms with Gasteiger partial charge in [0.1, 0.15) is 5.75 Å². The average Bonchev–Trinajstić information content (AvgIpc) is 2.63. The van der Waals surface area contributed by atoms with Crippen LogP contribution in [-0.2, 0) is 9.59 Å². The van der Waals surface area contributed by atoms with Crippen LogP contribution in [0.1, 0.15) is 25.0 Å². The van der Waals surface area contributed by atoms with Crippen LogP contribution in [0.15, 0.2) is 48.5 Å². The van der Waals surface area contributed by atoms with Gasteiger partial charge in [-0.3, -0.25) is 9.59 Å². The Kier molecular flexibility index (Phi) is 5.07. The Morgan fingerprint density at radius 2 is 1.96 bits per heavy atom. The summed E-state index contributed by atoms with van der Waals surface area (Å²) in [5.41, 5.74) is 3.43. The minimum absolute atomic E-state index is 0.0808. The highest BCUT2D eigenvalue weighted by Crippen LogP contribution is 2.36. The summed E-state index contributed by atoms with van der Waals surface area (Å²) in [4.78, 5) is 26.1. The van der Waals surface area contributed by atoms with Crippen molar-refractivity contribution in [1.82, 2.24) is 0 Å². The second-order valence-electron chi connectivity index (χ2n) is 6.26. The van der Waals surface area contributed by atoms with Crippen molar-refractivity contribution in [3.63, 3.8) is 0 Å². The van der Waals surface area contributed by atoms with E-state index in [2.05, 4.69) is 5.32 Å². The van der Waals surface area contributed by atoms with Crippen molar-refractivity contribution < 1.29 is 14.3 Å². The van der Waals surface area contributed by atoms with Gasteiger partial charge in [0.05, 0.1) is 5.69 Å². The molecule has 2 aromatic rings. The maximum Gasteiger partial charge on any atom is 0.267 e. The molecule has 2 amide bonds. The summed E-state index contributed by atoms with van der Waals surface area (Å²) in [5.74, 6) is 0.333. The fourth-order valence-corrected chi connectivity index (χ4v) is 2.84. The van der Waals surface area contributed by atoms with Crippen LogP contribution in [0.2, 0.25) is 0 Å². The topological polar surface area (TPSA) is 58.6 Å². The number of rotatable bonds is 4. The molecule has 0 bridgehead atoms. The van der Waals surface area contributed by atoms with E-state index < -0.39 is 6.10 Å². The molecule has 0 aromatic heterocycles. The van der Waals surface area contributed by atoms with Gasteiger partial charge in [0, 0.05) is 18.3 Å². The summed E-state index contributed by atoms with van der Waals surface area (Å²) in [5, 5.41) is 2.83. The second-order valence-corrected chi connectivity index (χ2v) is 6.26. The van der Waals surface area contributed by atoms with E-state index in [1.807, 2.05) is 38.1 Å². The summed E-state index contributed by atoms with van der Waals surface area (Å²) < 4.78 is 5.63. The number of anilines is 2. The number of benzene rings is 2. The van der Waals surface area contributed by atoms with Crippen molar-refractivity contribution in [2.45, 2.75) is 26.9 Å². The number of nitrogens with zero attached hydrogens (tertiary/aromatic N) is 1. The first-order valence-corrected chi connectivity index (χ1v) is 8.65. The van der Waals surface area contributed by atoms with E-state index in [1.165, 1.54) is 11.6 Å². The summed E-state index contributed by atoms with van der Waals surface area (Å²) >= 11 is 0. The molecule has 134 valence electrons. The van der Waals surface area contributed by atoms with Crippen molar-refractivity contribution in [2.75, 3.05) is 16.8 Å². The molecule has 26 heavy (non-hydrogen) atoms. The van der Waals surface area contributed by atoms with Gasteiger partial charge in [-0.15, -0.1) is 0 Å². The van der Waals surface area contributed by atoms with E-state index in [4.69, 9.17) is 4.74 Å². The van der Waals surface area contributed by atoms with Gasteiger partial charge < -0.3 is 15.0 Å². The van der Waals surface area contributed by atoms with Crippen molar-refractivity contribution in [1.29, 1.82) is 0 Å². The lowest BCUT2D eigenvalue weighted by atomic mass is 10.1. The molecule has 3 rings (SSSR count). The molecule has 0 radical (unpaired) electrons. The van der Waals surface area contributed by atoms with Gasteiger partial charge >= 0.3 is 0 Å². The molecule has 0 saturated carbocycles. The summed E-state index contributed by atoms with van der Waals surface area (Å²) in [6, 6.07) is 13.2. The Morgan fingerprint density at radius 3 is 2.65 bits per heavy atom. The Hall–Kier alpha value is -3.08. The molecule has 0 aliphatic carbocycles. The molecule has 1 aliphatic rings. The van der Waals surface area contributed by atoms with Gasteiger partial charge in [0.2, 0.25) is 5.91 Å². The first kappa shape index (κ1) is 17.7. The smallest absolute Gasteiger partial charge is 0.267 e. The highest BCUT2D eigenvalue weighted by Gasteiger charge is 2.30. The number of ether oxygens (including phenoxy) is 1. The molecule has 1 aliphatic heterocycles. The zero-order valence-corrected chi connectivity index (χ0v) is 15.2. The molecule has 0 spiro atoms. The highest BCUT2D eigenvalue weighted by molar-refractivity contribution is 6.04. The molecule has 1 unspecified atom stereocenters. The van der Waals surface area contributed by atoms with Gasteiger partial charge in [0.25, 0.3) is 5.91 Å². The number of amides is 2. The van der Waals surface area contributed by atoms with Crippen LogP contribution < -0.4 is 15.0 Å². The van der Waals surface area contributed by atoms with Crippen molar-refractivity contribution in [3.8, 4) is 5.75 Å². The largest absolute Gasteiger partial charge is 0.479 e. The van der Waals surface area contributed by atoms with E-state index in [1.54, 1.807) is 36.1 Å². The number of likely N-dealkylation sites (N-methyl/N-ethyl adjacent to an activating group) is 1.